The summed E-state index contributed by atoms with van der Waals surface area (Å²) in [5.41, 5.74) is 0. The Hall–Kier alpha value is 4.23. The van der Waals surface area contributed by atoms with E-state index in [0.717, 1.165) is 0 Å². The van der Waals surface area contributed by atoms with E-state index in [0.29, 0.717) is 0 Å². The molecule has 0 saturated carbocycles. The van der Waals surface area contributed by atoms with Crippen molar-refractivity contribution in [2.75, 3.05) is 0 Å². The van der Waals surface area contributed by atoms with Crippen LogP contribution in [0.1, 0.15) is 0 Å². The van der Waals surface area contributed by atoms with Crippen LogP contribution in [0.3, 0.4) is 0 Å². The van der Waals surface area contributed by atoms with Crippen LogP contribution in [0.25, 0.3) is 0 Å². The van der Waals surface area contributed by atoms with Gasteiger partial charge >= 0.3 is 68.4 Å². The molecule has 6 heavy (non-hydrogen) atoms. The van der Waals surface area contributed by atoms with Gasteiger partial charge in [0.1, 0.15) is 0 Å². The van der Waals surface area contributed by atoms with Gasteiger partial charge in [-0.1, -0.05) is 0 Å². The molecule has 0 aromatic rings. The fourth-order valence-electron chi connectivity index (χ4n) is 0. The van der Waals surface area contributed by atoms with Crippen LogP contribution >= 0.6 is 0 Å². The summed E-state index contributed by atoms with van der Waals surface area (Å²) in [6.07, 6.45) is 0. The van der Waals surface area contributed by atoms with Crippen molar-refractivity contribution >= 4 is 48.9 Å². The zero-order valence-electron chi connectivity index (χ0n) is 2.93. The maximum atomic E-state index is 0. The van der Waals surface area contributed by atoms with Gasteiger partial charge in [-0.3, -0.25) is 0 Å². The molecule has 0 radical (unpaired) electrons. The van der Waals surface area contributed by atoms with Crippen molar-refractivity contribution in [3.63, 3.8) is 0 Å². The molecule has 0 heterocycles. The van der Waals surface area contributed by atoms with E-state index in [1.807, 2.05) is 0 Å². The molecule has 32 valence electrons. The molecule has 0 spiro atoms. The Kier molecular flexibility index (Phi) is 283. The Morgan fingerprint density at radius 3 is 0.667 bits per heavy atom. The van der Waals surface area contributed by atoms with Crippen LogP contribution in [-0.4, -0.2) is 48.9 Å². The first-order chi connectivity index (χ1) is 0. The maximum Gasteiger partial charge on any atom is 2.00 e. The van der Waals surface area contributed by atoms with E-state index in [2.05, 4.69) is 0 Å². The van der Waals surface area contributed by atoms with Gasteiger partial charge in [-0.15, -0.1) is 0 Å². The number of hydrogen-bond donors (Lipinski definition) is 0. The van der Waals surface area contributed by atoms with Gasteiger partial charge < -0.3 is 72.8 Å². The van der Waals surface area contributed by atoms with Gasteiger partial charge in [0.25, 0.3) is 0 Å². The molecule has 0 rings (SSSR count). The van der Waals surface area contributed by atoms with Gasteiger partial charge in [0, 0.05) is 0 Å². The Morgan fingerprint density at radius 2 is 0.667 bits per heavy atom. The van der Waals surface area contributed by atoms with Gasteiger partial charge in [-0.2, -0.15) is 0 Å². The van der Waals surface area contributed by atoms with E-state index in [-0.39, 0.29) is 141 Å². The van der Waals surface area contributed by atoms with Gasteiger partial charge in [0.05, 0.1) is 0 Å². The molecule has 0 bridgehead atoms. The minimum absolute atomic E-state index is 0. The zero-order valence-corrected chi connectivity index (χ0v) is 16.2. The fourth-order valence-corrected chi connectivity index (χ4v) is 0. The third kappa shape index (κ3) is 24.0. The smallest absolute Gasteiger partial charge is 1.00 e. The molecule has 0 amide bonds. The van der Waals surface area contributed by atoms with E-state index >= 15 is 0 Å². The van der Waals surface area contributed by atoms with Crippen LogP contribution in [0.2, 0.25) is 0 Å². The molecule has 6 heteroatoms. The second-order valence-electron chi connectivity index (χ2n) is 0. The van der Waals surface area contributed by atoms with E-state index in [4.69, 9.17) is 0 Å². The SMILES string of the molecule is [Ba+2].[Cl-].[Cl-].[I-].[I-].[Zn+2]. The largest absolute Gasteiger partial charge is 2.00 e. The number of rotatable bonds is 0. The molecule has 0 aliphatic rings. The fraction of sp³-hybridized carbons (Fsp3) is 0. The van der Waals surface area contributed by atoms with Crippen LogP contribution in [0, 0.1) is 0 Å². The Bertz CT molecular complexity index is 11.5. The van der Waals surface area contributed by atoms with Gasteiger partial charge in [-0.25, -0.2) is 0 Å². The molecule has 0 nitrogen and oxygen atoms in total. The first-order valence-corrected chi connectivity index (χ1v) is 0. The molecule has 0 aromatic carbocycles. The Labute approximate surface area is 137 Å². The van der Waals surface area contributed by atoms with Crippen LogP contribution in [-0.2, 0) is 19.5 Å². The molecular formula is BaCl2I2Zn. The van der Waals surface area contributed by atoms with Crippen molar-refractivity contribution in [1.29, 1.82) is 0 Å². The molecule has 0 saturated heterocycles. The summed E-state index contributed by atoms with van der Waals surface area (Å²) in [5.74, 6) is 0. The molecule has 0 aliphatic heterocycles. The topological polar surface area (TPSA) is 0 Å². The number of hydrogen-bond acceptors (Lipinski definition) is 0. The van der Waals surface area contributed by atoms with Crippen LogP contribution in [0.15, 0.2) is 0 Å². The zero-order chi connectivity index (χ0) is 0. The van der Waals surface area contributed by atoms with E-state index in [1.165, 1.54) is 0 Å². The summed E-state index contributed by atoms with van der Waals surface area (Å²) >= 11 is 0. The summed E-state index contributed by atoms with van der Waals surface area (Å²) in [4.78, 5) is 0. The number of halogens is 4. The predicted octanol–water partition coefficient (Wildman–Crippen LogP) is -12.4. The molecule has 0 N–H and O–H groups in total. The second-order valence-corrected chi connectivity index (χ2v) is 0. The minimum Gasteiger partial charge on any atom is -1.00 e. The summed E-state index contributed by atoms with van der Waals surface area (Å²) in [6, 6.07) is 0. The molecule has 0 unspecified atom stereocenters. The first-order valence-electron chi connectivity index (χ1n) is 0. The van der Waals surface area contributed by atoms with Crippen molar-refractivity contribution < 1.29 is 92.2 Å². The maximum absolute atomic E-state index is 0. The van der Waals surface area contributed by atoms with Crippen molar-refractivity contribution in [2.45, 2.75) is 0 Å². The standard InChI is InChI=1S/Ba.2ClH.2HI.Zn/h;4*1H;/q+2;;;;;+2/p-4. The normalized spacial score (nSPS) is 0. The molecule has 0 aromatic heterocycles. The Morgan fingerprint density at radius 1 is 0.667 bits per heavy atom. The molecule has 0 atom stereocenters. The second kappa shape index (κ2) is 34.9. The van der Waals surface area contributed by atoms with Crippen LogP contribution in [0.4, 0.5) is 0 Å². The van der Waals surface area contributed by atoms with Crippen molar-refractivity contribution in [1.82, 2.24) is 0 Å². The third-order valence-corrected chi connectivity index (χ3v) is 0. The first kappa shape index (κ1) is 48.7. The summed E-state index contributed by atoms with van der Waals surface area (Å²) in [5, 5.41) is 0. The molecular weight excluding hydrogens is 527 g/mol. The van der Waals surface area contributed by atoms with Crippen LogP contribution in [0.5, 0.6) is 0 Å². The molecule has 0 fully saturated rings. The van der Waals surface area contributed by atoms with Gasteiger partial charge in [0.15, 0.2) is 0 Å². The summed E-state index contributed by atoms with van der Waals surface area (Å²) in [6.45, 7) is 0. The summed E-state index contributed by atoms with van der Waals surface area (Å²) in [7, 11) is 0. The summed E-state index contributed by atoms with van der Waals surface area (Å²) < 4.78 is 0. The van der Waals surface area contributed by atoms with Gasteiger partial charge in [-0.05, 0) is 0 Å². The minimum atomic E-state index is 0. The predicted molar refractivity (Wildman–Crippen MR) is 5.75 cm³/mol. The van der Waals surface area contributed by atoms with Crippen molar-refractivity contribution in [3.05, 3.63) is 0 Å². The average Bonchev–Trinajstić information content (AvgIpc) is 0. The van der Waals surface area contributed by atoms with Gasteiger partial charge in [0.2, 0.25) is 0 Å². The quantitative estimate of drug-likeness (QED) is 0.217. The van der Waals surface area contributed by atoms with E-state index < -0.39 is 0 Å². The van der Waals surface area contributed by atoms with Crippen molar-refractivity contribution in [3.8, 4) is 0 Å². The van der Waals surface area contributed by atoms with E-state index in [1.54, 1.807) is 0 Å². The third-order valence-electron chi connectivity index (χ3n) is 0. The Balaban J connectivity index is 0. The molecule has 0 aliphatic carbocycles. The average molecular weight is 527 g/mol. The van der Waals surface area contributed by atoms with Crippen molar-refractivity contribution in [2.24, 2.45) is 0 Å². The van der Waals surface area contributed by atoms with Crippen LogP contribution < -0.4 is 72.8 Å². The van der Waals surface area contributed by atoms with E-state index in [9.17, 15) is 0 Å². The monoisotopic (exact) mass is 526 g/mol.